The van der Waals surface area contributed by atoms with Crippen LogP contribution in [0.2, 0.25) is 0 Å². The van der Waals surface area contributed by atoms with Crippen LogP contribution in [0.4, 0.5) is 0 Å². The van der Waals surface area contributed by atoms with Crippen LogP contribution >= 0.6 is 0 Å². The highest BCUT2D eigenvalue weighted by molar-refractivity contribution is 5.53. The maximum Gasteiger partial charge on any atom is 0.169 e. The van der Waals surface area contributed by atoms with E-state index in [1.807, 2.05) is 54.6 Å². The highest BCUT2D eigenvalue weighted by atomic mass is 16.5. The van der Waals surface area contributed by atoms with Gasteiger partial charge in [0.05, 0.1) is 28.4 Å². The third-order valence-corrected chi connectivity index (χ3v) is 6.40. The number of aryl methyl sites for hydroxylation is 4. The third kappa shape index (κ3) is 6.91. The molecule has 0 radical (unpaired) electrons. The topological polar surface area (TPSA) is 66.4 Å². The Labute approximate surface area is 224 Å². The minimum atomic E-state index is 0.147. The molecule has 0 aliphatic rings. The Kier molecular flexibility index (Phi) is 8.98. The van der Waals surface area contributed by atoms with E-state index in [2.05, 4.69) is 12.1 Å². The number of ether oxygens (including phenoxy) is 5. The van der Waals surface area contributed by atoms with Crippen LogP contribution in [0.25, 0.3) is 0 Å². The molecule has 0 amide bonds. The number of hydrogen-bond acceptors (Lipinski definition) is 6. The first kappa shape index (κ1) is 26.7. The third-order valence-electron chi connectivity index (χ3n) is 6.40. The van der Waals surface area contributed by atoms with Gasteiger partial charge in [-0.25, -0.2) is 0 Å². The van der Waals surface area contributed by atoms with E-state index in [0.29, 0.717) is 17.2 Å². The number of methoxy groups -OCH3 is 4. The van der Waals surface area contributed by atoms with Crippen LogP contribution in [0.1, 0.15) is 22.3 Å². The van der Waals surface area contributed by atoms with Crippen LogP contribution in [-0.4, -0.2) is 33.5 Å². The van der Waals surface area contributed by atoms with Crippen molar-refractivity contribution in [2.24, 2.45) is 0 Å². The molecular weight excluding hydrogens is 480 g/mol. The van der Waals surface area contributed by atoms with E-state index in [1.165, 1.54) is 5.56 Å². The molecule has 6 nitrogen and oxygen atoms in total. The quantitative estimate of drug-likeness (QED) is 0.225. The van der Waals surface area contributed by atoms with E-state index < -0.39 is 0 Å². The summed E-state index contributed by atoms with van der Waals surface area (Å²) in [7, 11) is 6.57. The van der Waals surface area contributed by atoms with Crippen molar-refractivity contribution in [2.75, 3.05) is 28.4 Å². The Morgan fingerprint density at radius 2 is 1.08 bits per heavy atom. The zero-order valence-electron chi connectivity index (χ0n) is 22.3. The molecule has 0 aliphatic carbocycles. The number of rotatable bonds is 12. The van der Waals surface area contributed by atoms with Gasteiger partial charge >= 0.3 is 0 Å². The van der Waals surface area contributed by atoms with E-state index in [1.54, 1.807) is 40.6 Å². The van der Waals surface area contributed by atoms with Crippen LogP contribution in [0.15, 0.2) is 78.9 Å². The molecule has 0 bridgehead atoms. The molecule has 4 rings (SSSR count). The van der Waals surface area contributed by atoms with Crippen molar-refractivity contribution >= 4 is 0 Å². The zero-order valence-corrected chi connectivity index (χ0v) is 22.3. The van der Waals surface area contributed by atoms with E-state index in [4.69, 9.17) is 23.7 Å². The summed E-state index contributed by atoms with van der Waals surface area (Å²) in [5.74, 6) is 4.18. The summed E-state index contributed by atoms with van der Waals surface area (Å²) in [5, 5.41) is 10.4. The molecule has 0 aromatic heterocycles. The lowest BCUT2D eigenvalue weighted by Gasteiger charge is -2.16. The van der Waals surface area contributed by atoms with Crippen molar-refractivity contribution in [1.29, 1.82) is 0 Å². The second-order valence-electron chi connectivity index (χ2n) is 8.96. The summed E-state index contributed by atoms with van der Waals surface area (Å²) in [6.07, 6.45) is 3.09. The molecule has 0 saturated heterocycles. The van der Waals surface area contributed by atoms with Gasteiger partial charge in [0, 0.05) is 12.1 Å². The highest BCUT2D eigenvalue weighted by Crippen LogP contribution is 2.39. The number of hydrogen-bond donors (Lipinski definition) is 1. The first-order valence-corrected chi connectivity index (χ1v) is 12.5. The minimum absolute atomic E-state index is 0.147. The first-order valence-electron chi connectivity index (χ1n) is 12.5. The Morgan fingerprint density at radius 3 is 1.68 bits per heavy atom. The Hall–Kier alpha value is -4.32. The van der Waals surface area contributed by atoms with Gasteiger partial charge in [-0.1, -0.05) is 24.3 Å². The van der Waals surface area contributed by atoms with Gasteiger partial charge < -0.3 is 28.8 Å². The van der Waals surface area contributed by atoms with Gasteiger partial charge in [-0.05, 0) is 90.4 Å². The van der Waals surface area contributed by atoms with Crippen LogP contribution in [-0.2, 0) is 25.7 Å². The molecule has 6 heteroatoms. The van der Waals surface area contributed by atoms with Crippen molar-refractivity contribution in [3.8, 4) is 40.2 Å². The summed E-state index contributed by atoms with van der Waals surface area (Å²) in [5.41, 5.74) is 4.28. The van der Waals surface area contributed by atoms with Crippen LogP contribution in [0.3, 0.4) is 0 Å². The predicted molar refractivity (Wildman–Crippen MR) is 149 cm³/mol. The van der Waals surface area contributed by atoms with Gasteiger partial charge in [-0.2, -0.15) is 0 Å². The second kappa shape index (κ2) is 12.8. The number of phenolic OH excluding ortho intramolecular Hbond substituents is 1. The molecule has 0 spiro atoms. The van der Waals surface area contributed by atoms with Crippen molar-refractivity contribution in [3.05, 3.63) is 101 Å². The second-order valence-corrected chi connectivity index (χ2v) is 8.96. The lowest BCUT2D eigenvalue weighted by Crippen LogP contribution is -2.00. The largest absolute Gasteiger partial charge is 0.508 e. The Balaban J connectivity index is 1.54. The normalized spacial score (nSPS) is 10.6. The molecule has 0 atom stereocenters. The summed E-state index contributed by atoms with van der Waals surface area (Å²) >= 11 is 0. The summed E-state index contributed by atoms with van der Waals surface area (Å²) in [6, 6.07) is 25.1. The minimum Gasteiger partial charge on any atom is -0.508 e. The molecule has 0 unspecified atom stereocenters. The predicted octanol–water partition coefficient (Wildman–Crippen LogP) is 6.79. The fourth-order valence-corrected chi connectivity index (χ4v) is 4.41. The molecule has 0 fully saturated rings. The van der Waals surface area contributed by atoms with Crippen molar-refractivity contribution in [2.45, 2.75) is 25.7 Å². The van der Waals surface area contributed by atoms with Gasteiger partial charge in [-0.3, -0.25) is 0 Å². The summed E-state index contributed by atoms with van der Waals surface area (Å²) in [4.78, 5) is 0. The standard InChI is InChI=1S/C32H34O6/c1-34-27-9-5-7-22(16-27)11-12-24-15-26(33)20-29(18-24)38-32-19-25(30(36-3)21-31(32)37-4)14-13-23-8-6-10-28(17-23)35-2/h5-10,15-21,33H,11-14H2,1-4H3. The average molecular weight is 515 g/mol. The van der Waals surface area contributed by atoms with Gasteiger partial charge in [0.15, 0.2) is 11.5 Å². The van der Waals surface area contributed by atoms with Crippen LogP contribution in [0.5, 0.6) is 40.2 Å². The van der Waals surface area contributed by atoms with Gasteiger partial charge in [0.25, 0.3) is 0 Å². The lowest BCUT2D eigenvalue weighted by atomic mass is 10.0. The van der Waals surface area contributed by atoms with Gasteiger partial charge in [-0.15, -0.1) is 0 Å². The fraction of sp³-hybridized carbons (Fsp3) is 0.250. The molecule has 0 saturated carbocycles. The molecule has 1 N–H and O–H groups in total. The lowest BCUT2D eigenvalue weighted by molar-refractivity contribution is 0.365. The van der Waals surface area contributed by atoms with E-state index >= 15 is 0 Å². The maximum atomic E-state index is 10.4. The smallest absolute Gasteiger partial charge is 0.169 e. The van der Waals surface area contributed by atoms with Gasteiger partial charge in [0.2, 0.25) is 0 Å². The Bertz CT molecular complexity index is 1360. The van der Waals surface area contributed by atoms with Crippen molar-refractivity contribution in [3.63, 3.8) is 0 Å². The molecule has 198 valence electrons. The van der Waals surface area contributed by atoms with E-state index in [9.17, 15) is 5.11 Å². The number of aromatic hydroxyl groups is 1. The van der Waals surface area contributed by atoms with Crippen molar-refractivity contribution < 1.29 is 28.8 Å². The molecule has 0 aliphatic heterocycles. The molecule has 4 aromatic carbocycles. The molecular formula is C32H34O6. The monoisotopic (exact) mass is 514 g/mol. The summed E-state index contributed by atoms with van der Waals surface area (Å²) < 4.78 is 28.2. The highest BCUT2D eigenvalue weighted by Gasteiger charge is 2.15. The maximum absolute atomic E-state index is 10.4. The van der Waals surface area contributed by atoms with E-state index in [0.717, 1.165) is 59.6 Å². The average Bonchev–Trinajstić information content (AvgIpc) is 2.95. The molecule has 0 heterocycles. The van der Waals surface area contributed by atoms with E-state index in [-0.39, 0.29) is 5.75 Å². The van der Waals surface area contributed by atoms with Crippen LogP contribution < -0.4 is 23.7 Å². The van der Waals surface area contributed by atoms with Gasteiger partial charge in [0.1, 0.15) is 28.7 Å². The fourth-order valence-electron chi connectivity index (χ4n) is 4.41. The number of benzene rings is 4. The number of phenols is 1. The van der Waals surface area contributed by atoms with Crippen LogP contribution in [0, 0.1) is 0 Å². The van der Waals surface area contributed by atoms with Crippen molar-refractivity contribution in [1.82, 2.24) is 0 Å². The summed E-state index contributed by atoms with van der Waals surface area (Å²) in [6.45, 7) is 0. The SMILES string of the molecule is COc1cccc(CCc2cc(O)cc(Oc3cc(CCc4cccc(OC)c4)c(OC)cc3OC)c2)c1. The Morgan fingerprint density at radius 1 is 0.500 bits per heavy atom. The molecule has 38 heavy (non-hydrogen) atoms. The first-order chi connectivity index (χ1) is 18.5. The molecule has 4 aromatic rings. The zero-order chi connectivity index (χ0) is 26.9.